The van der Waals surface area contributed by atoms with E-state index in [2.05, 4.69) is 5.32 Å². The third kappa shape index (κ3) is 4.79. The van der Waals surface area contributed by atoms with E-state index >= 15 is 0 Å². The number of anilines is 1. The minimum Gasteiger partial charge on any atom is -0.486 e. The standard InChI is InChI=1S/C20H19F3N2O4/c1-2-25(19(27)13-7-8-16-17(11-13)29-10-9-28-16)12-18(26)24-15-6-4-3-5-14(15)20(21,22)23/h3-8,11H,2,9-10,12H2,1H3,(H,24,26). The van der Waals surface area contributed by atoms with Crippen LogP contribution in [0.2, 0.25) is 0 Å². The molecule has 29 heavy (non-hydrogen) atoms. The second kappa shape index (κ2) is 8.42. The molecule has 154 valence electrons. The summed E-state index contributed by atoms with van der Waals surface area (Å²) in [5.74, 6) is -0.211. The number of benzene rings is 2. The first-order valence-corrected chi connectivity index (χ1v) is 8.94. The van der Waals surface area contributed by atoms with Crippen LogP contribution in [0.4, 0.5) is 18.9 Å². The van der Waals surface area contributed by atoms with Gasteiger partial charge in [-0.15, -0.1) is 0 Å². The molecule has 0 radical (unpaired) electrons. The number of carbonyl (C=O) groups excluding carboxylic acids is 2. The molecule has 0 atom stereocenters. The van der Waals surface area contributed by atoms with Crippen molar-refractivity contribution in [3.05, 3.63) is 53.6 Å². The molecule has 1 N–H and O–H groups in total. The Labute approximate surface area is 165 Å². The molecule has 9 heteroatoms. The molecule has 0 aliphatic carbocycles. The summed E-state index contributed by atoms with van der Waals surface area (Å²) in [7, 11) is 0. The first-order valence-electron chi connectivity index (χ1n) is 8.94. The third-order valence-electron chi connectivity index (χ3n) is 4.30. The Bertz CT molecular complexity index is 915. The molecule has 0 aromatic heterocycles. The summed E-state index contributed by atoms with van der Waals surface area (Å²) in [6.07, 6.45) is -4.60. The van der Waals surface area contributed by atoms with Crippen molar-refractivity contribution in [3.8, 4) is 11.5 Å². The number of fused-ring (bicyclic) bond motifs is 1. The number of ether oxygens (including phenoxy) is 2. The van der Waals surface area contributed by atoms with E-state index in [9.17, 15) is 22.8 Å². The van der Waals surface area contributed by atoms with Crippen molar-refractivity contribution in [1.82, 2.24) is 4.90 Å². The molecule has 2 amide bonds. The van der Waals surface area contributed by atoms with Gasteiger partial charge in [0.1, 0.15) is 19.8 Å². The summed E-state index contributed by atoms with van der Waals surface area (Å²) >= 11 is 0. The Balaban J connectivity index is 1.71. The van der Waals surface area contributed by atoms with Crippen molar-refractivity contribution in [1.29, 1.82) is 0 Å². The van der Waals surface area contributed by atoms with Gasteiger partial charge in [0.15, 0.2) is 11.5 Å². The van der Waals surface area contributed by atoms with Gasteiger partial charge < -0.3 is 19.7 Å². The van der Waals surface area contributed by atoms with Gasteiger partial charge in [-0.05, 0) is 37.3 Å². The molecule has 0 saturated heterocycles. The van der Waals surface area contributed by atoms with Crippen molar-refractivity contribution in [3.63, 3.8) is 0 Å². The molecule has 0 bridgehead atoms. The number of para-hydroxylation sites is 1. The monoisotopic (exact) mass is 408 g/mol. The first kappa shape index (κ1) is 20.5. The molecule has 2 aromatic rings. The number of hydrogen-bond acceptors (Lipinski definition) is 4. The highest BCUT2D eigenvalue weighted by Crippen LogP contribution is 2.34. The average molecular weight is 408 g/mol. The second-order valence-electron chi connectivity index (χ2n) is 6.27. The third-order valence-corrected chi connectivity index (χ3v) is 4.30. The SMILES string of the molecule is CCN(CC(=O)Nc1ccccc1C(F)(F)F)C(=O)c1ccc2c(c1)OCCO2. The van der Waals surface area contributed by atoms with E-state index in [0.717, 1.165) is 6.07 Å². The zero-order valence-corrected chi connectivity index (χ0v) is 15.6. The number of likely N-dealkylation sites (N-methyl/N-ethyl adjacent to an activating group) is 1. The number of alkyl halides is 3. The maximum absolute atomic E-state index is 13.1. The predicted octanol–water partition coefficient (Wildman–Crippen LogP) is 3.58. The fraction of sp³-hybridized carbons (Fsp3) is 0.300. The van der Waals surface area contributed by atoms with E-state index < -0.39 is 30.1 Å². The van der Waals surface area contributed by atoms with Gasteiger partial charge in [0, 0.05) is 12.1 Å². The van der Waals surface area contributed by atoms with Gasteiger partial charge in [-0.1, -0.05) is 12.1 Å². The fourth-order valence-electron chi connectivity index (χ4n) is 2.89. The van der Waals surface area contributed by atoms with Crippen LogP contribution in [-0.4, -0.2) is 43.0 Å². The van der Waals surface area contributed by atoms with Crippen LogP contribution in [0.3, 0.4) is 0 Å². The van der Waals surface area contributed by atoms with E-state index in [1.165, 1.54) is 29.2 Å². The van der Waals surface area contributed by atoms with Crippen molar-refractivity contribution in [2.45, 2.75) is 13.1 Å². The van der Waals surface area contributed by atoms with Crippen LogP contribution in [0.1, 0.15) is 22.8 Å². The lowest BCUT2D eigenvalue weighted by Crippen LogP contribution is -2.38. The van der Waals surface area contributed by atoms with Crippen LogP contribution in [0, 0.1) is 0 Å². The molecule has 0 spiro atoms. The van der Waals surface area contributed by atoms with E-state index in [1.807, 2.05) is 0 Å². The van der Waals surface area contributed by atoms with E-state index in [1.54, 1.807) is 19.1 Å². The number of rotatable bonds is 5. The van der Waals surface area contributed by atoms with Crippen LogP contribution in [0.25, 0.3) is 0 Å². The van der Waals surface area contributed by atoms with Gasteiger partial charge in [0.05, 0.1) is 11.3 Å². The van der Waals surface area contributed by atoms with Crippen molar-refractivity contribution in [2.24, 2.45) is 0 Å². The summed E-state index contributed by atoms with van der Waals surface area (Å²) in [5.41, 5.74) is -1.01. The predicted molar refractivity (Wildman–Crippen MR) is 99.1 cm³/mol. The minimum atomic E-state index is -4.60. The quantitative estimate of drug-likeness (QED) is 0.821. The summed E-state index contributed by atoms with van der Waals surface area (Å²) in [6.45, 7) is 2.26. The van der Waals surface area contributed by atoms with E-state index in [0.29, 0.717) is 30.3 Å². The van der Waals surface area contributed by atoms with Crippen molar-refractivity contribution in [2.75, 3.05) is 31.6 Å². The highest BCUT2D eigenvalue weighted by Gasteiger charge is 2.33. The molecule has 6 nitrogen and oxygen atoms in total. The summed E-state index contributed by atoms with van der Waals surface area (Å²) in [6, 6.07) is 9.36. The topological polar surface area (TPSA) is 67.9 Å². The zero-order valence-electron chi connectivity index (χ0n) is 15.6. The molecular weight excluding hydrogens is 389 g/mol. The average Bonchev–Trinajstić information content (AvgIpc) is 2.70. The van der Waals surface area contributed by atoms with Gasteiger partial charge in [-0.2, -0.15) is 13.2 Å². The minimum absolute atomic E-state index is 0.196. The summed E-state index contributed by atoms with van der Waals surface area (Å²) in [5, 5.41) is 2.24. The molecule has 1 aliphatic heterocycles. The summed E-state index contributed by atoms with van der Waals surface area (Å²) in [4.78, 5) is 26.3. The molecule has 0 unspecified atom stereocenters. The second-order valence-corrected chi connectivity index (χ2v) is 6.27. The molecule has 2 aromatic carbocycles. The van der Waals surface area contributed by atoms with Crippen LogP contribution < -0.4 is 14.8 Å². The highest BCUT2D eigenvalue weighted by molar-refractivity contribution is 6.00. The molecule has 0 saturated carbocycles. The van der Waals surface area contributed by atoms with Gasteiger partial charge in [-0.3, -0.25) is 9.59 Å². The number of halogens is 3. The summed E-state index contributed by atoms with van der Waals surface area (Å²) < 4.78 is 50.1. The lowest BCUT2D eigenvalue weighted by atomic mass is 10.1. The maximum Gasteiger partial charge on any atom is 0.418 e. The first-order chi connectivity index (χ1) is 13.8. The lowest BCUT2D eigenvalue weighted by molar-refractivity contribution is -0.137. The molecule has 1 heterocycles. The van der Waals surface area contributed by atoms with Gasteiger partial charge in [0.2, 0.25) is 5.91 Å². The van der Waals surface area contributed by atoms with Crippen molar-refractivity contribution < 1.29 is 32.2 Å². The van der Waals surface area contributed by atoms with Gasteiger partial charge in [0.25, 0.3) is 5.91 Å². The Morgan fingerprint density at radius 3 is 2.45 bits per heavy atom. The number of nitrogens with zero attached hydrogens (tertiary/aromatic N) is 1. The normalized spacial score (nSPS) is 13.0. The molecule has 1 aliphatic rings. The van der Waals surface area contributed by atoms with Crippen LogP contribution >= 0.6 is 0 Å². The molecular formula is C20H19F3N2O4. The van der Waals surface area contributed by atoms with Crippen LogP contribution in [0.5, 0.6) is 11.5 Å². The van der Waals surface area contributed by atoms with E-state index in [-0.39, 0.29) is 12.2 Å². The zero-order chi connectivity index (χ0) is 21.0. The molecule has 0 fully saturated rings. The number of carbonyl (C=O) groups is 2. The number of amides is 2. The number of nitrogens with one attached hydrogen (secondary N) is 1. The van der Waals surface area contributed by atoms with Gasteiger partial charge in [-0.25, -0.2) is 0 Å². The van der Waals surface area contributed by atoms with E-state index in [4.69, 9.17) is 9.47 Å². The fourth-order valence-corrected chi connectivity index (χ4v) is 2.89. The van der Waals surface area contributed by atoms with Crippen molar-refractivity contribution >= 4 is 17.5 Å². The lowest BCUT2D eigenvalue weighted by Gasteiger charge is -2.23. The Kier molecular flexibility index (Phi) is 5.95. The largest absolute Gasteiger partial charge is 0.486 e. The molecule has 3 rings (SSSR count). The van der Waals surface area contributed by atoms with Crippen LogP contribution in [0.15, 0.2) is 42.5 Å². The number of hydrogen-bond donors (Lipinski definition) is 1. The van der Waals surface area contributed by atoms with Gasteiger partial charge >= 0.3 is 6.18 Å². The van der Waals surface area contributed by atoms with Crippen LogP contribution in [-0.2, 0) is 11.0 Å². The highest BCUT2D eigenvalue weighted by atomic mass is 19.4. The maximum atomic E-state index is 13.1. The smallest absolute Gasteiger partial charge is 0.418 e. The Morgan fingerprint density at radius 2 is 1.76 bits per heavy atom. The Morgan fingerprint density at radius 1 is 1.07 bits per heavy atom. The Hall–Kier alpha value is -3.23.